The van der Waals surface area contributed by atoms with Crippen LogP contribution in [0.5, 0.6) is 34.5 Å². The van der Waals surface area contributed by atoms with E-state index in [-0.39, 0.29) is 45.4 Å². The number of ether oxygens (including phenoxy) is 8. The highest BCUT2D eigenvalue weighted by molar-refractivity contribution is 5.76. The van der Waals surface area contributed by atoms with Crippen LogP contribution in [0.1, 0.15) is 59.2 Å². The molecule has 5 aromatic rings. The van der Waals surface area contributed by atoms with E-state index >= 15 is 0 Å². The molecule has 0 aromatic heterocycles. The van der Waals surface area contributed by atoms with Gasteiger partial charge in [0.25, 0.3) is 0 Å². The zero-order valence-corrected chi connectivity index (χ0v) is 36.0. The zero-order valence-electron chi connectivity index (χ0n) is 36.0. The van der Waals surface area contributed by atoms with E-state index in [1.54, 1.807) is 6.92 Å². The molecule has 0 aliphatic carbocycles. The summed E-state index contributed by atoms with van der Waals surface area (Å²) >= 11 is 0. The van der Waals surface area contributed by atoms with Crippen molar-refractivity contribution < 1.29 is 57.4 Å². The Labute approximate surface area is 367 Å². The van der Waals surface area contributed by atoms with Gasteiger partial charge < -0.3 is 53.6 Å². The first kappa shape index (κ1) is 45.6. The summed E-state index contributed by atoms with van der Waals surface area (Å²) in [5, 5.41) is 15.6. The lowest BCUT2D eigenvalue weighted by atomic mass is 10.0. The van der Waals surface area contributed by atoms with Gasteiger partial charge in [-0.25, -0.2) is 4.79 Å². The predicted molar refractivity (Wildman–Crippen MR) is 233 cm³/mol. The zero-order chi connectivity index (χ0) is 44.6. The fourth-order valence-corrected chi connectivity index (χ4v) is 7.00. The fourth-order valence-electron chi connectivity index (χ4n) is 7.00. The molecule has 5 aromatic carbocycles. The van der Waals surface area contributed by atoms with Crippen LogP contribution in [0.3, 0.4) is 0 Å². The molecule has 0 unspecified atom stereocenters. The number of fused-ring (bicyclic) bond motifs is 2. The number of nitrogens with one attached hydrogen (secondary N) is 2. The summed E-state index contributed by atoms with van der Waals surface area (Å²) in [6, 6.07) is 31.9. The number of aliphatic hydroxyl groups is 1. The van der Waals surface area contributed by atoms with Crippen LogP contribution in [-0.4, -0.2) is 62.0 Å². The van der Waals surface area contributed by atoms with Crippen molar-refractivity contribution in [1.82, 2.24) is 10.6 Å². The molecule has 63 heavy (non-hydrogen) atoms. The first-order valence-electron chi connectivity index (χ1n) is 20.8. The summed E-state index contributed by atoms with van der Waals surface area (Å²) in [5.41, 5.74) is 6.26. The summed E-state index contributed by atoms with van der Waals surface area (Å²) in [7, 11) is 0. The van der Waals surface area contributed by atoms with Crippen LogP contribution in [0.25, 0.3) is 0 Å². The summed E-state index contributed by atoms with van der Waals surface area (Å²) in [5.74, 6) is 3.40. The maximum atomic E-state index is 12.3. The molecule has 2 heterocycles. The van der Waals surface area contributed by atoms with Crippen molar-refractivity contribution in [3.05, 3.63) is 142 Å². The number of hydrogen-bond acceptors (Lipinski definition) is 12. The Hall–Kier alpha value is -6.93. The van der Waals surface area contributed by atoms with E-state index in [0.29, 0.717) is 67.0 Å². The molecule has 0 fully saturated rings. The number of alkyl carbamates (subject to hydrolysis) is 1. The normalized spacial score (nSPS) is 12.8. The lowest BCUT2D eigenvalue weighted by molar-refractivity contribution is -0.142. The lowest BCUT2D eigenvalue weighted by Crippen LogP contribution is -2.40. The number of benzene rings is 5. The largest absolute Gasteiger partial charge is 0.488 e. The Kier molecular flexibility index (Phi) is 16.5. The molecular weight excluding hydrogens is 809 g/mol. The molecule has 2 aliphatic rings. The van der Waals surface area contributed by atoms with Gasteiger partial charge in [0, 0.05) is 35.6 Å². The van der Waals surface area contributed by atoms with E-state index in [1.165, 1.54) is 6.92 Å². The molecule has 0 bridgehead atoms. The third-order valence-electron chi connectivity index (χ3n) is 10.2. The van der Waals surface area contributed by atoms with Crippen molar-refractivity contribution in [3.63, 3.8) is 0 Å². The maximum Gasteiger partial charge on any atom is 0.407 e. The minimum Gasteiger partial charge on any atom is -0.488 e. The van der Waals surface area contributed by atoms with Crippen LogP contribution in [0, 0.1) is 13.8 Å². The van der Waals surface area contributed by atoms with Gasteiger partial charge in [0.15, 0.2) is 23.0 Å². The summed E-state index contributed by atoms with van der Waals surface area (Å²) in [6.45, 7) is 7.99. The number of carbonyl (C=O) groups is 3. The second kappa shape index (κ2) is 22.8. The van der Waals surface area contributed by atoms with Crippen molar-refractivity contribution in [3.8, 4) is 34.5 Å². The minimum atomic E-state index is -0.595. The van der Waals surface area contributed by atoms with E-state index in [9.17, 15) is 19.5 Å². The number of aliphatic hydroxyl groups excluding tert-OH is 1. The van der Waals surface area contributed by atoms with Crippen LogP contribution in [0.4, 0.5) is 4.79 Å². The van der Waals surface area contributed by atoms with Gasteiger partial charge in [0.2, 0.25) is 19.5 Å². The average Bonchev–Trinajstić information content (AvgIpc) is 3.99. The first-order chi connectivity index (χ1) is 30.6. The lowest BCUT2D eigenvalue weighted by Gasteiger charge is -2.22. The third kappa shape index (κ3) is 13.0. The van der Waals surface area contributed by atoms with Crippen LogP contribution in [-0.2, 0) is 51.7 Å². The summed E-state index contributed by atoms with van der Waals surface area (Å²) in [6.07, 6.45) is 0.495. The van der Waals surface area contributed by atoms with Gasteiger partial charge in [-0.3, -0.25) is 9.59 Å². The van der Waals surface area contributed by atoms with E-state index in [4.69, 9.17) is 37.9 Å². The minimum absolute atomic E-state index is 0.0761. The summed E-state index contributed by atoms with van der Waals surface area (Å²) in [4.78, 5) is 35.6. The highest BCUT2D eigenvalue weighted by Gasteiger charge is 2.27. The fraction of sp³-hybridized carbons (Fsp3) is 0.327. The molecule has 332 valence electrons. The number of esters is 1. The summed E-state index contributed by atoms with van der Waals surface area (Å²) < 4.78 is 45.2. The molecule has 0 saturated carbocycles. The topological polar surface area (TPSA) is 169 Å². The van der Waals surface area contributed by atoms with E-state index in [2.05, 4.69) is 10.6 Å². The second-order valence-electron chi connectivity index (χ2n) is 14.9. The maximum absolute atomic E-state index is 12.3. The molecule has 0 spiro atoms. The Morgan fingerprint density at radius 3 is 1.54 bits per heavy atom. The van der Waals surface area contributed by atoms with Crippen LogP contribution < -0.4 is 39.1 Å². The smallest absolute Gasteiger partial charge is 0.407 e. The van der Waals surface area contributed by atoms with Gasteiger partial charge in [-0.15, -0.1) is 0 Å². The highest BCUT2D eigenvalue weighted by atomic mass is 16.7. The van der Waals surface area contributed by atoms with Gasteiger partial charge in [-0.2, -0.15) is 0 Å². The molecule has 7 rings (SSSR count). The first-order valence-corrected chi connectivity index (χ1v) is 20.8. The molecule has 14 nitrogen and oxygen atoms in total. The van der Waals surface area contributed by atoms with Crippen molar-refractivity contribution in [1.29, 1.82) is 0 Å². The second-order valence-corrected chi connectivity index (χ2v) is 14.9. The van der Waals surface area contributed by atoms with Gasteiger partial charge in [0.05, 0.1) is 18.7 Å². The Morgan fingerprint density at radius 1 is 0.635 bits per heavy atom. The Balaban J connectivity index is 0.000000211. The predicted octanol–water partition coefficient (Wildman–Crippen LogP) is 7.44. The Morgan fingerprint density at radius 2 is 1.10 bits per heavy atom. The van der Waals surface area contributed by atoms with Gasteiger partial charge in [0.1, 0.15) is 37.9 Å². The van der Waals surface area contributed by atoms with Gasteiger partial charge >= 0.3 is 12.1 Å². The number of carbonyl (C=O) groups excluding carboxylic acids is 3. The van der Waals surface area contributed by atoms with Crippen molar-refractivity contribution in [2.24, 2.45) is 0 Å². The van der Waals surface area contributed by atoms with Crippen molar-refractivity contribution in [2.75, 3.05) is 26.8 Å². The molecule has 2 amide bonds. The van der Waals surface area contributed by atoms with E-state index in [0.717, 1.165) is 38.9 Å². The molecule has 3 N–H and O–H groups in total. The van der Waals surface area contributed by atoms with E-state index in [1.807, 2.05) is 117 Å². The third-order valence-corrected chi connectivity index (χ3v) is 10.2. The molecule has 2 aliphatic heterocycles. The molecule has 2 atom stereocenters. The van der Waals surface area contributed by atoms with Crippen molar-refractivity contribution in [2.45, 2.75) is 78.9 Å². The standard InChI is InChI=1S/C26H27NO6.C23H27NO6/c1-18-24(30-15-19-8-4-2-5-9-19)21(13-23-25(18)33-17-32-23)12-22(14-28)27-26(29)31-16-20-10-6-3-7-11-20;1-4-21(26)24-19(13-27-16(3)25)10-18-11-20-23(30-14-29-20)15(2)22(18)28-12-17-8-6-5-7-9-17/h2-11,13,22,28H,12,14-17H2,1H3,(H,27,29);5-9,11,19H,4,10,12-14H2,1-3H3,(H,24,26)/t22-;19-/m00/s1. The van der Waals surface area contributed by atoms with Gasteiger partial charge in [-0.1, -0.05) is 97.9 Å². The SMILES string of the molecule is CCC(=O)N[C@H](COC(C)=O)Cc1cc2c(c(C)c1OCc1ccccc1)OCO2.Cc1c(OCc2ccccc2)c(C[C@@H](CO)NC(=O)OCc2ccccc2)cc2c1OCO2. The average molecular weight is 863 g/mol. The molecular formula is C49H54N2O12. The highest BCUT2D eigenvalue weighted by Crippen LogP contribution is 2.44. The molecule has 0 saturated heterocycles. The Bertz CT molecular complexity index is 2290. The number of hydrogen-bond donors (Lipinski definition) is 3. The number of rotatable bonds is 18. The van der Waals surface area contributed by atoms with Gasteiger partial charge in [-0.05, 0) is 55.5 Å². The van der Waals surface area contributed by atoms with E-state index < -0.39 is 18.1 Å². The van der Waals surface area contributed by atoms with Crippen LogP contribution in [0.15, 0.2) is 103 Å². The quantitative estimate of drug-likeness (QED) is 0.0746. The van der Waals surface area contributed by atoms with Crippen LogP contribution in [0.2, 0.25) is 0 Å². The van der Waals surface area contributed by atoms with Crippen molar-refractivity contribution >= 4 is 18.0 Å². The molecule has 14 heteroatoms. The van der Waals surface area contributed by atoms with Crippen LogP contribution >= 0.6 is 0 Å². The number of amides is 2. The molecule has 0 radical (unpaired) electrons. The monoisotopic (exact) mass is 862 g/mol.